The first-order valence-electron chi connectivity index (χ1n) is 4.22. The van der Waals surface area contributed by atoms with Gasteiger partial charge in [0.1, 0.15) is 5.78 Å². The largest absolute Gasteiger partial charge is 0.300 e. The molecule has 0 radical (unpaired) electrons. The van der Waals surface area contributed by atoms with Gasteiger partial charge in [-0.1, -0.05) is 12.8 Å². The Labute approximate surface area is 68.2 Å². The molecular formula is C10H14O. The predicted octanol–water partition coefficient (Wildman–Crippen LogP) is 2.01. The Morgan fingerprint density at radius 2 is 2.09 bits per heavy atom. The molecule has 0 N–H and O–H groups in total. The average molecular weight is 150 g/mol. The lowest BCUT2D eigenvalue weighted by atomic mass is 9.78. The summed E-state index contributed by atoms with van der Waals surface area (Å²) in [5.41, 5.74) is 0. The number of terminal acetylenes is 1. The Morgan fingerprint density at radius 3 is 2.55 bits per heavy atom. The molecule has 11 heavy (non-hydrogen) atoms. The number of rotatable bonds is 1. The molecule has 1 aliphatic carbocycles. The second kappa shape index (κ2) is 3.57. The van der Waals surface area contributed by atoms with Crippen molar-refractivity contribution in [2.75, 3.05) is 0 Å². The minimum atomic E-state index is 0.161. The van der Waals surface area contributed by atoms with Gasteiger partial charge in [0, 0.05) is 11.8 Å². The molecule has 1 saturated carbocycles. The number of ketones is 1. The van der Waals surface area contributed by atoms with Crippen molar-refractivity contribution in [3.8, 4) is 12.3 Å². The van der Waals surface area contributed by atoms with E-state index in [1.54, 1.807) is 6.92 Å². The summed E-state index contributed by atoms with van der Waals surface area (Å²) in [6.45, 7) is 1.65. The monoisotopic (exact) mass is 150 g/mol. The maximum absolute atomic E-state index is 11.1. The maximum Gasteiger partial charge on any atom is 0.134 e. The van der Waals surface area contributed by atoms with Crippen LogP contribution in [0.4, 0.5) is 0 Å². The molecule has 2 atom stereocenters. The fourth-order valence-electron chi connectivity index (χ4n) is 1.82. The van der Waals surface area contributed by atoms with Gasteiger partial charge in [0.15, 0.2) is 0 Å². The summed E-state index contributed by atoms with van der Waals surface area (Å²) in [5.74, 6) is 3.37. The van der Waals surface area contributed by atoms with Crippen LogP contribution in [-0.4, -0.2) is 5.78 Å². The van der Waals surface area contributed by atoms with Crippen LogP contribution in [0.25, 0.3) is 0 Å². The number of hydrogen-bond acceptors (Lipinski definition) is 1. The highest BCUT2D eigenvalue weighted by molar-refractivity contribution is 5.79. The quantitative estimate of drug-likeness (QED) is 0.522. The molecule has 0 heterocycles. The number of carbonyl (C=O) groups is 1. The molecule has 0 spiro atoms. The van der Waals surface area contributed by atoms with Gasteiger partial charge in [-0.3, -0.25) is 4.79 Å². The van der Waals surface area contributed by atoms with Gasteiger partial charge in [0.2, 0.25) is 0 Å². The lowest BCUT2D eigenvalue weighted by Gasteiger charge is -2.25. The summed E-state index contributed by atoms with van der Waals surface area (Å²) < 4.78 is 0. The summed E-state index contributed by atoms with van der Waals surface area (Å²) in [5, 5.41) is 0. The zero-order valence-electron chi connectivity index (χ0n) is 6.97. The summed E-state index contributed by atoms with van der Waals surface area (Å²) in [6.07, 6.45) is 9.74. The Hall–Kier alpha value is -0.770. The Kier molecular flexibility index (Phi) is 2.70. The van der Waals surface area contributed by atoms with E-state index in [2.05, 4.69) is 5.92 Å². The third kappa shape index (κ3) is 1.83. The summed E-state index contributed by atoms with van der Waals surface area (Å²) >= 11 is 0. The normalized spacial score (nSPS) is 30.9. The van der Waals surface area contributed by atoms with Crippen molar-refractivity contribution in [2.45, 2.75) is 32.6 Å². The highest BCUT2D eigenvalue weighted by Gasteiger charge is 2.26. The lowest BCUT2D eigenvalue weighted by Crippen LogP contribution is -2.24. The SMILES string of the molecule is C#C[C@@H]1CCCC[C@@H]1C(C)=O. The second-order valence-electron chi connectivity index (χ2n) is 3.27. The van der Waals surface area contributed by atoms with Gasteiger partial charge >= 0.3 is 0 Å². The lowest BCUT2D eigenvalue weighted by molar-refractivity contribution is -0.122. The number of carbonyl (C=O) groups excluding carboxylic acids is 1. The molecule has 1 rings (SSSR count). The van der Waals surface area contributed by atoms with Gasteiger partial charge in [0.25, 0.3) is 0 Å². The van der Waals surface area contributed by atoms with E-state index in [-0.39, 0.29) is 17.6 Å². The van der Waals surface area contributed by atoms with Crippen LogP contribution in [0, 0.1) is 24.2 Å². The van der Waals surface area contributed by atoms with Crippen molar-refractivity contribution in [3.63, 3.8) is 0 Å². The van der Waals surface area contributed by atoms with E-state index < -0.39 is 0 Å². The van der Waals surface area contributed by atoms with Crippen molar-refractivity contribution in [1.29, 1.82) is 0 Å². The van der Waals surface area contributed by atoms with E-state index in [1.165, 1.54) is 12.8 Å². The molecule has 60 valence electrons. The molecule has 1 fully saturated rings. The highest BCUT2D eigenvalue weighted by atomic mass is 16.1. The maximum atomic E-state index is 11.1. The van der Waals surface area contributed by atoms with Gasteiger partial charge in [-0.2, -0.15) is 0 Å². The average Bonchev–Trinajstić information content (AvgIpc) is 2.04. The Balaban J connectivity index is 2.60. The van der Waals surface area contributed by atoms with Crippen LogP contribution in [0.2, 0.25) is 0 Å². The van der Waals surface area contributed by atoms with Gasteiger partial charge in [-0.05, 0) is 19.8 Å². The minimum absolute atomic E-state index is 0.161. The molecule has 0 bridgehead atoms. The van der Waals surface area contributed by atoms with E-state index in [1.807, 2.05) is 0 Å². The molecule has 0 amide bonds. The van der Waals surface area contributed by atoms with Gasteiger partial charge in [-0.15, -0.1) is 12.3 Å². The number of Topliss-reactive ketones (excluding diaryl/α,β-unsaturated/α-hetero) is 1. The van der Waals surface area contributed by atoms with Gasteiger partial charge in [0.05, 0.1) is 0 Å². The van der Waals surface area contributed by atoms with Crippen molar-refractivity contribution >= 4 is 5.78 Å². The Bertz CT molecular complexity index is 188. The van der Waals surface area contributed by atoms with Crippen LogP contribution in [-0.2, 0) is 4.79 Å². The topological polar surface area (TPSA) is 17.1 Å². The highest BCUT2D eigenvalue weighted by Crippen LogP contribution is 2.29. The third-order valence-corrected chi connectivity index (χ3v) is 2.50. The van der Waals surface area contributed by atoms with Crippen LogP contribution >= 0.6 is 0 Å². The van der Waals surface area contributed by atoms with E-state index in [9.17, 15) is 4.79 Å². The molecule has 0 aromatic heterocycles. The van der Waals surface area contributed by atoms with E-state index >= 15 is 0 Å². The third-order valence-electron chi connectivity index (χ3n) is 2.50. The summed E-state index contributed by atoms with van der Waals surface area (Å²) in [4.78, 5) is 11.1. The summed E-state index contributed by atoms with van der Waals surface area (Å²) in [6, 6.07) is 0. The van der Waals surface area contributed by atoms with Gasteiger partial charge in [-0.25, -0.2) is 0 Å². The van der Waals surface area contributed by atoms with E-state index in [4.69, 9.17) is 6.42 Å². The van der Waals surface area contributed by atoms with Crippen LogP contribution in [0.1, 0.15) is 32.6 Å². The molecule has 0 aromatic carbocycles. The molecule has 1 aliphatic rings. The molecule has 0 saturated heterocycles. The summed E-state index contributed by atoms with van der Waals surface area (Å²) in [7, 11) is 0. The van der Waals surface area contributed by atoms with Crippen molar-refractivity contribution in [1.82, 2.24) is 0 Å². The molecule has 0 unspecified atom stereocenters. The first-order chi connectivity index (χ1) is 5.25. The van der Waals surface area contributed by atoms with Crippen LogP contribution < -0.4 is 0 Å². The van der Waals surface area contributed by atoms with E-state index in [0.717, 1.165) is 12.8 Å². The van der Waals surface area contributed by atoms with Crippen LogP contribution in [0.15, 0.2) is 0 Å². The predicted molar refractivity (Wildman–Crippen MR) is 45.0 cm³/mol. The van der Waals surface area contributed by atoms with Gasteiger partial charge < -0.3 is 0 Å². The number of hydrogen-bond donors (Lipinski definition) is 0. The van der Waals surface area contributed by atoms with E-state index in [0.29, 0.717) is 0 Å². The minimum Gasteiger partial charge on any atom is -0.300 e. The fourth-order valence-corrected chi connectivity index (χ4v) is 1.82. The standard InChI is InChI=1S/C10H14O/c1-3-9-6-4-5-7-10(9)8(2)11/h1,9-10H,4-7H2,2H3/t9-,10-/m1/s1. The smallest absolute Gasteiger partial charge is 0.134 e. The van der Waals surface area contributed by atoms with Crippen LogP contribution in [0.5, 0.6) is 0 Å². The first kappa shape index (κ1) is 8.33. The molecule has 1 nitrogen and oxygen atoms in total. The fraction of sp³-hybridized carbons (Fsp3) is 0.700. The van der Waals surface area contributed by atoms with Crippen molar-refractivity contribution in [3.05, 3.63) is 0 Å². The molecule has 0 aliphatic heterocycles. The molecule has 1 heteroatoms. The Morgan fingerprint density at radius 1 is 1.45 bits per heavy atom. The second-order valence-corrected chi connectivity index (χ2v) is 3.27. The van der Waals surface area contributed by atoms with Crippen LogP contribution in [0.3, 0.4) is 0 Å². The van der Waals surface area contributed by atoms with Crippen molar-refractivity contribution in [2.24, 2.45) is 11.8 Å². The molecular weight excluding hydrogens is 136 g/mol. The van der Waals surface area contributed by atoms with Crippen molar-refractivity contribution < 1.29 is 4.79 Å². The zero-order chi connectivity index (χ0) is 8.27. The zero-order valence-corrected chi connectivity index (χ0v) is 6.97. The first-order valence-corrected chi connectivity index (χ1v) is 4.22. The molecule has 0 aromatic rings.